The molecule has 1 aliphatic heterocycles. The third-order valence-corrected chi connectivity index (χ3v) is 7.96. The summed E-state index contributed by atoms with van der Waals surface area (Å²) in [5, 5.41) is 5.75. The van der Waals surface area contributed by atoms with Crippen molar-refractivity contribution in [3.8, 4) is 0 Å². The quantitative estimate of drug-likeness (QED) is 0.534. The number of fused-ring (bicyclic) bond motifs is 1. The average Bonchev–Trinajstić information content (AvgIpc) is 3.04. The fraction of sp³-hybridized carbons (Fsp3) is 0.852. The van der Waals surface area contributed by atoms with Crippen LogP contribution in [-0.4, -0.2) is 65.2 Å². The smallest absolute Gasteiger partial charge is 0.408 e. The second-order valence-corrected chi connectivity index (χ2v) is 13.6. The lowest BCUT2D eigenvalue weighted by Gasteiger charge is -2.45. The largest absolute Gasteiger partial charge is 0.464 e. The number of nitrogens with one attached hydrogen (secondary N) is 2. The molecule has 3 aliphatic rings. The maximum absolute atomic E-state index is 13.9. The van der Waals surface area contributed by atoms with Gasteiger partial charge in [0.2, 0.25) is 11.8 Å². The molecule has 9 heteroatoms. The molecule has 0 aromatic rings. The number of carbonyl (C=O) groups excluding carboxylic acids is 4. The normalized spacial score (nSPS) is 31.4. The first-order chi connectivity index (χ1) is 16.3. The molecule has 0 aromatic carbocycles. The molecule has 4 atom stereocenters. The van der Waals surface area contributed by atoms with Gasteiger partial charge in [0.15, 0.2) is 0 Å². The number of ether oxygens (including phenoxy) is 2. The third kappa shape index (κ3) is 5.35. The monoisotopic (exact) mass is 507 g/mol. The highest BCUT2D eigenvalue weighted by atomic mass is 16.6. The van der Waals surface area contributed by atoms with E-state index in [0.29, 0.717) is 25.3 Å². The maximum atomic E-state index is 13.9. The van der Waals surface area contributed by atoms with Crippen LogP contribution in [0.25, 0.3) is 0 Å². The molecule has 2 N–H and O–H groups in total. The second-order valence-electron chi connectivity index (χ2n) is 13.6. The molecule has 0 bridgehead atoms. The molecule has 0 unspecified atom stereocenters. The summed E-state index contributed by atoms with van der Waals surface area (Å²) in [5.41, 5.74) is -2.46. The van der Waals surface area contributed by atoms with Crippen molar-refractivity contribution in [2.45, 2.75) is 105 Å². The highest BCUT2D eigenvalue weighted by Crippen LogP contribution is 2.65. The van der Waals surface area contributed by atoms with Crippen LogP contribution in [-0.2, 0) is 23.9 Å². The number of piperidine rings is 1. The van der Waals surface area contributed by atoms with E-state index in [0.717, 1.165) is 0 Å². The molecule has 3 amide bonds. The van der Waals surface area contributed by atoms with Gasteiger partial charge in [-0.1, -0.05) is 41.5 Å². The van der Waals surface area contributed by atoms with Crippen LogP contribution in [0.3, 0.4) is 0 Å². The maximum Gasteiger partial charge on any atom is 0.408 e. The van der Waals surface area contributed by atoms with E-state index in [4.69, 9.17) is 9.47 Å². The summed E-state index contributed by atoms with van der Waals surface area (Å²) in [4.78, 5) is 54.6. The predicted octanol–water partition coefficient (Wildman–Crippen LogP) is 3.26. The minimum atomic E-state index is -1.05. The van der Waals surface area contributed by atoms with Crippen LogP contribution < -0.4 is 10.6 Å². The van der Waals surface area contributed by atoms with Crippen LogP contribution in [0.15, 0.2) is 0 Å². The molecule has 1 saturated heterocycles. The van der Waals surface area contributed by atoms with Crippen molar-refractivity contribution in [2.75, 3.05) is 13.2 Å². The number of esters is 1. The zero-order chi connectivity index (χ0) is 27.4. The first kappa shape index (κ1) is 28.3. The van der Waals surface area contributed by atoms with E-state index in [1.165, 1.54) is 0 Å². The SMILES string of the molecule is CCOC(=O)C1(NC(=O)[C@@H]2[C@@H]3[C@H](CN2C(=O)[C@@H](NC(=O)OC(C)(C)C)C(C)(C)C)C3(C)C)CC(C)C1. The van der Waals surface area contributed by atoms with Gasteiger partial charge < -0.3 is 25.0 Å². The Labute approximate surface area is 215 Å². The van der Waals surface area contributed by atoms with E-state index in [9.17, 15) is 19.2 Å². The van der Waals surface area contributed by atoms with Crippen LogP contribution in [0.1, 0.15) is 82.1 Å². The van der Waals surface area contributed by atoms with Crippen LogP contribution in [0.5, 0.6) is 0 Å². The van der Waals surface area contributed by atoms with Crippen LogP contribution in [0.2, 0.25) is 0 Å². The molecule has 9 nitrogen and oxygen atoms in total. The zero-order valence-corrected chi connectivity index (χ0v) is 23.6. The fourth-order valence-corrected chi connectivity index (χ4v) is 6.08. The van der Waals surface area contributed by atoms with Crippen molar-refractivity contribution in [3.63, 3.8) is 0 Å². The molecule has 2 saturated carbocycles. The molecule has 0 radical (unpaired) electrons. The molecule has 36 heavy (non-hydrogen) atoms. The molecule has 3 rings (SSSR count). The predicted molar refractivity (Wildman–Crippen MR) is 135 cm³/mol. The number of hydrogen-bond acceptors (Lipinski definition) is 6. The van der Waals surface area contributed by atoms with Crippen molar-refractivity contribution in [3.05, 3.63) is 0 Å². The van der Waals surface area contributed by atoms with E-state index in [1.54, 1.807) is 32.6 Å². The summed E-state index contributed by atoms with van der Waals surface area (Å²) in [6.45, 7) is 19.6. The number of hydrogen-bond donors (Lipinski definition) is 2. The number of rotatable bonds is 6. The van der Waals surface area contributed by atoms with Crippen LogP contribution in [0, 0.1) is 28.6 Å². The van der Waals surface area contributed by atoms with Gasteiger partial charge in [0, 0.05) is 6.54 Å². The van der Waals surface area contributed by atoms with Gasteiger partial charge in [0.05, 0.1) is 6.61 Å². The summed E-state index contributed by atoms with van der Waals surface area (Å²) in [5.74, 6) is -0.601. The summed E-state index contributed by atoms with van der Waals surface area (Å²) in [6, 6.07) is -1.60. The molecular weight excluding hydrogens is 462 g/mol. The fourth-order valence-electron chi connectivity index (χ4n) is 6.08. The Kier molecular flexibility index (Phi) is 7.23. The minimum Gasteiger partial charge on any atom is -0.464 e. The van der Waals surface area contributed by atoms with E-state index < -0.39 is 40.7 Å². The summed E-state index contributed by atoms with van der Waals surface area (Å²) >= 11 is 0. The molecule has 204 valence electrons. The number of carbonyl (C=O) groups is 4. The summed E-state index contributed by atoms with van der Waals surface area (Å²) in [7, 11) is 0. The lowest BCUT2D eigenvalue weighted by molar-refractivity contribution is -0.161. The van der Waals surface area contributed by atoms with Crippen molar-refractivity contribution in [1.82, 2.24) is 15.5 Å². The van der Waals surface area contributed by atoms with Gasteiger partial charge in [-0.2, -0.15) is 0 Å². The molecular formula is C27H45N3O6. The van der Waals surface area contributed by atoms with Gasteiger partial charge in [-0.05, 0) is 69.1 Å². The van der Waals surface area contributed by atoms with Crippen LogP contribution >= 0.6 is 0 Å². The highest BCUT2D eigenvalue weighted by molar-refractivity contribution is 5.96. The first-order valence-electron chi connectivity index (χ1n) is 13.1. The molecule has 0 aromatic heterocycles. The highest BCUT2D eigenvalue weighted by Gasteiger charge is 2.70. The Hall–Kier alpha value is -2.32. The zero-order valence-electron chi connectivity index (χ0n) is 23.6. The number of likely N-dealkylation sites (tertiary alicyclic amines) is 1. The Bertz CT molecular complexity index is 909. The molecule has 1 heterocycles. The Morgan fingerprint density at radius 2 is 1.64 bits per heavy atom. The average molecular weight is 508 g/mol. The van der Waals surface area contributed by atoms with Crippen molar-refractivity contribution in [1.29, 1.82) is 0 Å². The van der Waals surface area contributed by atoms with Crippen molar-refractivity contribution in [2.24, 2.45) is 28.6 Å². The molecule has 3 fully saturated rings. The van der Waals surface area contributed by atoms with Gasteiger partial charge >= 0.3 is 12.1 Å². The van der Waals surface area contributed by atoms with Crippen LogP contribution in [0.4, 0.5) is 4.79 Å². The standard InChI is InChI=1S/C27H45N3O6/c1-11-35-22(33)27(12-15(2)13-27)29-20(31)18-17-16(26(17,9)10)14-30(18)21(32)19(24(3,4)5)28-23(34)36-25(6,7)8/h15-19H,11-14H2,1-10H3,(H,28,34)(H,29,31)/t15?,16-,17-,18-,19+,27?/m0/s1. The minimum absolute atomic E-state index is 0.0136. The Morgan fingerprint density at radius 3 is 2.11 bits per heavy atom. The topological polar surface area (TPSA) is 114 Å². The van der Waals surface area contributed by atoms with E-state index >= 15 is 0 Å². The lowest BCUT2D eigenvalue weighted by Crippen LogP contribution is -2.66. The Balaban J connectivity index is 1.85. The second kappa shape index (κ2) is 9.21. The van der Waals surface area contributed by atoms with Gasteiger partial charge in [0.25, 0.3) is 0 Å². The van der Waals surface area contributed by atoms with Gasteiger partial charge in [-0.3, -0.25) is 9.59 Å². The van der Waals surface area contributed by atoms with Crippen molar-refractivity contribution < 1.29 is 28.7 Å². The number of nitrogens with zero attached hydrogens (tertiary/aromatic N) is 1. The van der Waals surface area contributed by atoms with Crippen molar-refractivity contribution >= 4 is 23.9 Å². The summed E-state index contributed by atoms with van der Waals surface area (Å²) < 4.78 is 10.7. The third-order valence-electron chi connectivity index (χ3n) is 7.96. The van der Waals surface area contributed by atoms with Gasteiger partial charge in [-0.15, -0.1) is 0 Å². The van der Waals surface area contributed by atoms with Gasteiger partial charge in [-0.25, -0.2) is 9.59 Å². The molecule has 0 spiro atoms. The van der Waals surface area contributed by atoms with E-state index in [1.807, 2.05) is 27.7 Å². The van der Waals surface area contributed by atoms with E-state index in [2.05, 4.69) is 24.5 Å². The first-order valence-corrected chi connectivity index (χ1v) is 13.1. The number of amides is 3. The summed E-state index contributed by atoms with van der Waals surface area (Å²) in [6.07, 6.45) is 0.354. The lowest BCUT2D eigenvalue weighted by atomic mass is 9.69. The Morgan fingerprint density at radius 1 is 1.06 bits per heavy atom. The van der Waals surface area contributed by atoms with E-state index in [-0.39, 0.29) is 35.7 Å². The molecule has 2 aliphatic carbocycles. The number of alkyl carbamates (subject to hydrolysis) is 1. The van der Waals surface area contributed by atoms with Gasteiger partial charge in [0.1, 0.15) is 23.2 Å².